The predicted octanol–water partition coefficient (Wildman–Crippen LogP) is 5.36. The molecule has 0 aliphatic carbocycles. The Morgan fingerprint density at radius 1 is 0.933 bits per heavy atom. The summed E-state index contributed by atoms with van der Waals surface area (Å²) in [5.41, 5.74) is 0.636. The molecule has 2 aromatic carbocycles. The Hall–Kier alpha value is -3.58. The second kappa shape index (κ2) is 15.6. The van der Waals surface area contributed by atoms with E-state index in [-0.39, 0.29) is 19.8 Å². The minimum absolute atomic E-state index is 0.239. The molecule has 1 amide bonds. The van der Waals surface area contributed by atoms with E-state index in [2.05, 4.69) is 0 Å². The van der Waals surface area contributed by atoms with E-state index in [1.165, 1.54) is 22.7 Å². The van der Waals surface area contributed by atoms with Crippen molar-refractivity contribution >= 4 is 29.0 Å². The third-order valence-corrected chi connectivity index (χ3v) is 8.11. The lowest BCUT2D eigenvalue weighted by molar-refractivity contribution is -0.184. The number of thioether (sulfide) groups is 1. The molecule has 12 heteroatoms. The molecule has 1 fully saturated rings. The number of carbonyl (C=O) groups excluding carboxylic acids is 2. The topological polar surface area (TPSA) is 114 Å². The molecule has 0 radical (unpaired) electrons. The summed E-state index contributed by atoms with van der Waals surface area (Å²) in [6.45, 7) is 7.90. The van der Waals surface area contributed by atoms with Crippen LogP contribution in [0.2, 0.25) is 0 Å². The average molecular weight is 643 g/mol. The summed E-state index contributed by atoms with van der Waals surface area (Å²) in [6, 6.07) is 14.6. The molecule has 0 spiro atoms. The molecule has 2 aliphatic heterocycles. The van der Waals surface area contributed by atoms with Crippen LogP contribution in [0.3, 0.4) is 0 Å². The number of hydrogen-bond acceptors (Lipinski definition) is 11. The standard InChI is InChI=1S/C33H42N2O9S/c1-8-40-26(36)18-17-25-28(41-19-21-9-13-23(38-6)14-10-21)29(42-20-22-11-15-24(39-7)16-12-22)27-30(43-25)45-31(34-27)35(5)32(37)44-33(2,3)4/h9-18,25,27-30H,8,19-20H2,1-7H3/b18-17+/t25-,27-,28-,29-,30-/m1/s1. The van der Waals surface area contributed by atoms with Gasteiger partial charge in [-0.15, -0.1) is 0 Å². The first kappa shape index (κ1) is 34.3. The van der Waals surface area contributed by atoms with Crippen molar-refractivity contribution in [3.8, 4) is 11.5 Å². The molecule has 1 saturated heterocycles. The molecule has 0 saturated carbocycles. The highest BCUT2D eigenvalue weighted by atomic mass is 32.2. The maximum Gasteiger partial charge on any atom is 0.416 e. The molecule has 5 atom stereocenters. The molecule has 0 unspecified atom stereocenters. The molecule has 0 aromatic heterocycles. The highest BCUT2D eigenvalue weighted by Crippen LogP contribution is 2.40. The average Bonchev–Trinajstić information content (AvgIpc) is 3.45. The Labute approximate surface area is 268 Å². The van der Waals surface area contributed by atoms with Crippen LogP contribution in [0.15, 0.2) is 65.7 Å². The van der Waals surface area contributed by atoms with Crippen molar-refractivity contribution < 1.29 is 42.7 Å². The van der Waals surface area contributed by atoms with E-state index in [4.69, 9.17) is 38.2 Å². The summed E-state index contributed by atoms with van der Waals surface area (Å²) in [4.78, 5) is 31.5. The quantitative estimate of drug-likeness (QED) is 0.235. The molecular weight excluding hydrogens is 600 g/mol. The summed E-state index contributed by atoms with van der Waals surface area (Å²) < 4.78 is 40.8. The Balaban J connectivity index is 1.65. The molecular formula is C33H42N2O9S. The van der Waals surface area contributed by atoms with Gasteiger partial charge in [0, 0.05) is 13.1 Å². The predicted molar refractivity (Wildman–Crippen MR) is 170 cm³/mol. The van der Waals surface area contributed by atoms with E-state index in [0.29, 0.717) is 5.17 Å². The number of esters is 1. The van der Waals surface area contributed by atoms with Crippen molar-refractivity contribution in [2.24, 2.45) is 4.99 Å². The van der Waals surface area contributed by atoms with Gasteiger partial charge in [0.1, 0.15) is 46.9 Å². The molecule has 2 heterocycles. The van der Waals surface area contributed by atoms with Crippen LogP contribution in [-0.2, 0) is 41.7 Å². The van der Waals surface area contributed by atoms with E-state index in [0.717, 1.165) is 22.6 Å². The van der Waals surface area contributed by atoms with Crippen LogP contribution in [0, 0.1) is 0 Å². The number of ether oxygens (including phenoxy) is 7. The summed E-state index contributed by atoms with van der Waals surface area (Å²) >= 11 is 1.29. The fourth-order valence-electron chi connectivity index (χ4n) is 4.65. The SMILES string of the molecule is CCOC(=O)/C=C/[C@H]1O[C@@H]2SC(N(C)C(=O)OC(C)(C)C)=N[C@@H]2[C@@H](OCc2ccc(OC)cc2)[C@@H]1OCc1ccc(OC)cc1. The van der Waals surface area contributed by atoms with Gasteiger partial charge in [0.15, 0.2) is 5.17 Å². The van der Waals surface area contributed by atoms with E-state index in [9.17, 15) is 9.59 Å². The Morgan fingerprint density at radius 2 is 1.49 bits per heavy atom. The maximum absolute atomic E-state index is 12.9. The zero-order valence-corrected chi connectivity index (χ0v) is 27.6. The van der Waals surface area contributed by atoms with Gasteiger partial charge in [-0.1, -0.05) is 36.0 Å². The fourth-order valence-corrected chi connectivity index (χ4v) is 5.81. The maximum atomic E-state index is 12.9. The van der Waals surface area contributed by atoms with E-state index in [1.807, 2.05) is 48.5 Å². The van der Waals surface area contributed by atoms with Gasteiger partial charge in [0.05, 0.1) is 34.0 Å². The number of amidine groups is 1. The Bertz CT molecular complexity index is 1340. The van der Waals surface area contributed by atoms with Crippen LogP contribution < -0.4 is 9.47 Å². The minimum atomic E-state index is -0.691. The number of methoxy groups -OCH3 is 2. The third kappa shape index (κ3) is 9.46. The Morgan fingerprint density at radius 3 is 2.00 bits per heavy atom. The van der Waals surface area contributed by atoms with Gasteiger partial charge in [-0.3, -0.25) is 9.89 Å². The van der Waals surface area contributed by atoms with Crippen molar-refractivity contribution in [2.75, 3.05) is 27.9 Å². The number of aliphatic imine (C=N–C) groups is 1. The van der Waals surface area contributed by atoms with Gasteiger partial charge in [0.25, 0.3) is 0 Å². The van der Waals surface area contributed by atoms with Crippen LogP contribution in [-0.4, -0.2) is 85.4 Å². The molecule has 45 heavy (non-hydrogen) atoms. The third-order valence-electron chi connectivity index (χ3n) is 6.90. The molecule has 0 bridgehead atoms. The number of hydrogen-bond donors (Lipinski definition) is 0. The summed E-state index contributed by atoms with van der Waals surface area (Å²) in [5, 5.41) is 0.432. The first-order valence-corrected chi connectivity index (χ1v) is 15.6. The number of rotatable bonds is 11. The van der Waals surface area contributed by atoms with Gasteiger partial charge in [0.2, 0.25) is 0 Å². The molecule has 2 aromatic rings. The molecule has 4 rings (SSSR count). The van der Waals surface area contributed by atoms with Crippen LogP contribution in [0.25, 0.3) is 0 Å². The van der Waals surface area contributed by atoms with E-state index >= 15 is 0 Å². The van der Waals surface area contributed by atoms with Crippen molar-refractivity contribution in [1.82, 2.24) is 4.90 Å². The van der Waals surface area contributed by atoms with Crippen LogP contribution in [0.1, 0.15) is 38.8 Å². The van der Waals surface area contributed by atoms with Gasteiger partial charge < -0.3 is 33.2 Å². The van der Waals surface area contributed by atoms with Crippen molar-refractivity contribution in [1.29, 1.82) is 0 Å². The highest BCUT2D eigenvalue weighted by molar-refractivity contribution is 8.14. The lowest BCUT2D eigenvalue weighted by atomic mass is 9.97. The minimum Gasteiger partial charge on any atom is -0.497 e. The normalized spacial score (nSPS) is 22.8. The largest absolute Gasteiger partial charge is 0.497 e. The Kier molecular flexibility index (Phi) is 11.9. The van der Waals surface area contributed by atoms with Gasteiger partial charge in [-0.05, 0) is 69.2 Å². The summed E-state index contributed by atoms with van der Waals surface area (Å²) in [7, 11) is 4.84. The van der Waals surface area contributed by atoms with Gasteiger partial charge >= 0.3 is 12.1 Å². The van der Waals surface area contributed by atoms with Crippen molar-refractivity contribution in [3.63, 3.8) is 0 Å². The summed E-state index contributed by atoms with van der Waals surface area (Å²) in [6.07, 6.45) is 0.461. The molecule has 244 valence electrons. The second-order valence-electron chi connectivity index (χ2n) is 11.4. The van der Waals surface area contributed by atoms with Crippen molar-refractivity contribution in [2.45, 2.75) is 76.3 Å². The monoisotopic (exact) mass is 642 g/mol. The second-order valence-corrected chi connectivity index (χ2v) is 12.5. The van der Waals surface area contributed by atoms with Gasteiger partial charge in [-0.25, -0.2) is 9.59 Å². The fraction of sp³-hybridized carbons (Fsp3) is 0.485. The van der Waals surface area contributed by atoms with Crippen LogP contribution in [0.5, 0.6) is 11.5 Å². The van der Waals surface area contributed by atoms with Crippen molar-refractivity contribution in [3.05, 3.63) is 71.8 Å². The van der Waals surface area contributed by atoms with Crippen LogP contribution >= 0.6 is 11.8 Å². The molecule has 2 aliphatic rings. The number of benzene rings is 2. The number of amides is 1. The lowest BCUT2D eigenvalue weighted by Crippen LogP contribution is -2.56. The van der Waals surface area contributed by atoms with E-state index in [1.54, 1.807) is 55.0 Å². The smallest absolute Gasteiger partial charge is 0.416 e. The number of fused-ring (bicyclic) bond motifs is 1. The van der Waals surface area contributed by atoms with Gasteiger partial charge in [-0.2, -0.15) is 0 Å². The molecule has 0 N–H and O–H groups in total. The molecule has 11 nitrogen and oxygen atoms in total. The highest BCUT2D eigenvalue weighted by Gasteiger charge is 2.51. The summed E-state index contributed by atoms with van der Waals surface area (Å²) in [5.74, 6) is 0.979. The zero-order valence-electron chi connectivity index (χ0n) is 26.8. The zero-order chi connectivity index (χ0) is 32.6. The first-order valence-electron chi connectivity index (χ1n) is 14.7. The lowest BCUT2D eigenvalue weighted by Gasteiger charge is -2.41. The first-order chi connectivity index (χ1) is 21.5. The number of nitrogens with zero attached hydrogens (tertiary/aromatic N) is 2. The van der Waals surface area contributed by atoms with E-state index < -0.39 is 47.5 Å². The number of carbonyl (C=O) groups is 2. The van der Waals surface area contributed by atoms with Crippen LogP contribution in [0.4, 0.5) is 4.79 Å².